The van der Waals surface area contributed by atoms with Crippen molar-refractivity contribution in [3.8, 4) is 33.4 Å². The first-order chi connectivity index (χ1) is 32.2. The van der Waals surface area contributed by atoms with Gasteiger partial charge in [-0.05, 0) is 66.7 Å². The molecule has 0 aliphatic heterocycles. The van der Waals surface area contributed by atoms with Crippen molar-refractivity contribution in [3.05, 3.63) is 157 Å². The molecule has 0 unspecified atom stereocenters. The van der Waals surface area contributed by atoms with Gasteiger partial charge in [-0.1, -0.05) is 145 Å². The van der Waals surface area contributed by atoms with Gasteiger partial charge in [0.15, 0.2) is 0 Å². The highest BCUT2D eigenvalue weighted by atomic mass is 16.3. The molecule has 1 aromatic heterocycles. The third-order valence-electron chi connectivity index (χ3n) is 6.94. The highest BCUT2D eigenvalue weighted by molar-refractivity contribution is 6.24. The van der Waals surface area contributed by atoms with Gasteiger partial charge in [0, 0.05) is 21.9 Å². The molecule has 1 heteroatoms. The van der Waals surface area contributed by atoms with E-state index in [0.29, 0.717) is 0 Å². The Morgan fingerprint density at radius 3 is 1.63 bits per heavy atom. The lowest BCUT2D eigenvalue weighted by Gasteiger charge is -2.18. The van der Waals surface area contributed by atoms with Crippen molar-refractivity contribution >= 4 is 54.3 Å². The molecule has 0 aliphatic rings. The van der Waals surface area contributed by atoms with Crippen LogP contribution in [0, 0.1) is 0 Å². The molecule has 43 heavy (non-hydrogen) atoms. The van der Waals surface area contributed by atoms with Gasteiger partial charge in [-0.3, -0.25) is 0 Å². The molecule has 200 valence electrons. The summed E-state index contributed by atoms with van der Waals surface area (Å²) in [4.78, 5) is 0. The van der Waals surface area contributed by atoms with Crippen LogP contribution >= 0.6 is 0 Å². The summed E-state index contributed by atoms with van der Waals surface area (Å²) in [6.07, 6.45) is 0. The molecule has 0 radical (unpaired) electrons. The zero-order chi connectivity index (χ0) is 51.0. The van der Waals surface area contributed by atoms with Crippen molar-refractivity contribution in [3.63, 3.8) is 0 Å². The third kappa shape index (κ3) is 3.72. The molecule has 0 saturated heterocycles. The van der Waals surface area contributed by atoms with Crippen molar-refractivity contribution < 1.29 is 40.1 Å². The maximum absolute atomic E-state index is 9.47. The summed E-state index contributed by atoms with van der Waals surface area (Å²) in [6, 6.07) is -23.3. The van der Waals surface area contributed by atoms with E-state index in [-0.39, 0.29) is 0 Å². The molecule has 0 saturated carbocycles. The van der Waals surface area contributed by atoms with Crippen LogP contribution in [-0.4, -0.2) is 0 Å². The quantitative estimate of drug-likeness (QED) is 0.192. The first kappa shape index (κ1) is 9.69. The second-order valence-corrected chi connectivity index (χ2v) is 9.26. The predicted octanol–water partition coefficient (Wildman–Crippen LogP) is 12.0. The molecule has 9 aromatic rings. The summed E-state index contributed by atoms with van der Waals surface area (Å²) in [5.41, 5.74) is -5.59. The smallest absolute Gasteiger partial charge is 0.143 e. The van der Waals surface area contributed by atoms with Crippen molar-refractivity contribution in [1.29, 1.82) is 0 Å². The van der Waals surface area contributed by atoms with Crippen LogP contribution in [0.3, 0.4) is 0 Å². The number of fused-ring (bicyclic) bond motifs is 6. The fourth-order valence-electron chi connectivity index (χ4n) is 5.10. The first-order valence-electron chi connectivity index (χ1n) is 25.7. The fraction of sp³-hybridized carbons (Fsp3) is 0. The molecule has 8 aromatic carbocycles. The van der Waals surface area contributed by atoms with Crippen molar-refractivity contribution in [2.24, 2.45) is 0 Å². The highest BCUT2D eigenvalue weighted by Gasteiger charge is 2.20. The topological polar surface area (TPSA) is 13.1 Å². The summed E-state index contributed by atoms with van der Waals surface area (Å²) in [7, 11) is 0. The number of hydrogen-bond acceptors (Lipinski definition) is 1. The average Bonchev–Trinajstić information content (AvgIpc) is 3.72. The van der Waals surface area contributed by atoms with E-state index in [2.05, 4.69) is 0 Å². The number of hydrogen-bond donors (Lipinski definition) is 0. The Labute approximate surface area is 285 Å². The van der Waals surface area contributed by atoms with Crippen LogP contribution in [0.2, 0.25) is 0 Å². The van der Waals surface area contributed by atoms with Gasteiger partial charge in [0.25, 0.3) is 0 Å². The van der Waals surface area contributed by atoms with Gasteiger partial charge < -0.3 is 4.42 Å². The number of furan rings is 1. The molecular formula is C42H26O. The van der Waals surface area contributed by atoms with Crippen molar-refractivity contribution in [1.82, 2.24) is 0 Å². The van der Waals surface area contributed by atoms with Crippen LogP contribution in [0.1, 0.15) is 35.6 Å². The van der Waals surface area contributed by atoms with Crippen LogP contribution in [0.15, 0.2) is 162 Å². The molecule has 1 heterocycles. The van der Waals surface area contributed by atoms with Crippen molar-refractivity contribution in [2.75, 3.05) is 0 Å². The number of rotatable bonds is 3. The van der Waals surface area contributed by atoms with E-state index in [0.717, 1.165) is 0 Å². The standard InChI is InChI=1S/C42H26O/c1-2-11-30-26-31(25-22-27(30)10-1)28-20-23-29(24-21-28)40-33-13-3-5-15-35(33)41(36-16-6-4-14-34(36)40)38-18-9-17-37-32-12-7-8-19-39(32)43-42(37)38/h1-26H/i1D,2D,3D,4D,5D,6D,7D,8D,9D,10D,11D,12D,13D,14D,15D,16D,17D,18D,19D,20D,21D,22D,23D,24D,25D,26D. The maximum Gasteiger partial charge on any atom is 0.143 e. The van der Waals surface area contributed by atoms with Crippen LogP contribution in [-0.2, 0) is 0 Å². The van der Waals surface area contributed by atoms with Crippen LogP contribution in [0.4, 0.5) is 0 Å². The molecule has 0 fully saturated rings. The number of benzene rings is 8. The predicted molar refractivity (Wildman–Crippen MR) is 183 cm³/mol. The molecule has 0 spiro atoms. The maximum atomic E-state index is 9.47. The SMILES string of the molecule is [2H]c1c([2H])c(-c2c3c([2H])c([2H])c([2H])c([2H])c3c(-c3c([2H])c([2H])c([2H])c4c3oc3c([2H])c([2H])c([2H])c([2H])c34)c3c([2H])c([2H])c([2H])c([2H])c23)c([2H])c([2H])c1-c1c([2H])c([2H])c2c([2H])c([2H])c([2H])c([2H])c2c1[2H]. The zero-order valence-corrected chi connectivity index (χ0v) is 21.4. The van der Waals surface area contributed by atoms with Crippen LogP contribution < -0.4 is 0 Å². The van der Waals surface area contributed by atoms with Gasteiger partial charge in [-0.25, -0.2) is 0 Å². The Balaban J connectivity index is 1.56. The van der Waals surface area contributed by atoms with E-state index < -0.39 is 245 Å². The van der Waals surface area contributed by atoms with Gasteiger partial charge in [-0.2, -0.15) is 0 Å². The van der Waals surface area contributed by atoms with Gasteiger partial charge in [0.2, 0.25) is 0 Å². The molecule has 0 atom stereocenters. The normalized spacial score (nSPS) is 20.2. The Kier molecular flexibility index (Phi) is 2.13. The molecular weight excluding hydrogens is 520 g/mol. The van der Waals surface area contributed by atoms with E-state index in [4.69, 9.17) is 27.7 Å². The van der Waals surface area contributed by atoms with Crippen molar-refractivity contribution in [2.45, 2.75) is 0 Å². The van der Waals surface area contributed by atoms with E-state index in [9.17, 15) is 12.3 Å². The average molecular weight is 573 g/mol. The molecule has 0 aliphatic carbocycles. The Morgan fingerprint density at radius 1 is 0.372 bits per heavy atom. The van der Waals surface area contributed by atoms with E-state index >= 15 is 0 Å². The second-order valence-electron chi connectivity index (χ2n) is 9.26. The Hall–Kier alpha value is -5.66. The minimum Gasteiger partial charge on any atom is -0.455 e. The zero-order valence-electron chi connectivity index (χ0n) is 47.4. The van der Waals surface area contributed by atoms with Crippen LogP contribution in [0.5, 0.6) is 0 Å². The molecule has 0 N–H and O–H groups in total. The van der Waals surface area contributed by atoms with Gasteiger partial charge in [-0.15, -0.1) is 0 Å². The van der Waals surface area contributed by atoms with Gasteiger partial charge >= 0.3 is 0 Å². The summed E-state index contributed by atoms with van der Waals surface area (Å²) in [5.74, 6) is 0. The molecule has 0 bridgehead atoms. The second kappa shape index (κ2) is 9.44. The van der Waals surface area contributed by atoms with Gasteiger partial charge in [0.1, 0.15) is 11.2 Å². The van der Waals surface area contributed by atoms with E-state index in [1.807, 2.05) is 0 Å². The summed E-state index contributed by atoms with van der Waals surface area (Å²) < 4.78 is 237. The lowest BCUT2D eigenvalue weighted by molar-refractivity contribution is 0.670. The minimum atomic E-state index is -1.07. The monoisotopic (exact) mass is 572 g/mol. The minimum absolute atomic E-state index is 0.412. The lowest BCUT2D eigenvalue weighted by atomic mass is 9.85. The number of para-hydroxylation sites is 2. The Morgan fingerprint density at radius 2 is 0.907 bits per heavy atom. The van der Waals surface area contributed by atoms with Gasteiger partial charge in [0.05, 0.1) is 35.6 Å². The fourth-order valence-corrected chi connectivity index (χ4v) is 5.10. The summed E-state index contributed by atoms with van der Waals surface area (Å²) in [5, 5.41) is -4.78. The molecule has 0 amide bonds. The highest BCUT2D eigenvalue weighted by Crippen LogP contribution is 2.46. The molecule has 1 nitrogen and oxygen atoms in total. The lowest BCUT2D eigenvalue weighted by Crippen LogP contribution is -1.91. The Bertz CT molecular complexity index is 3860. The van der Waals surface area contributed by atoms with E-state index in [1.165, 1.54) is 0 Å². The van der Waals surface area contributed by atoms with E-state index in [1.54, 1.807) is 0 Å². The molecule has 9 rings (SSSR count). The third-order valence-corrected chi connectivity index (χ3v) is 6.94. The first-order valence-corrected chi connectivity index (χ1v) is 12.7. The van der Waals surface area contributed by atoms with Crippen LogP contribution in [0.25, 0.3) is 87.6 Å². The summed E-state index contributed by atoms with van der Waals surface area (Å²) in [6.45, 7) is 0. The summed E-state index contributed by atoms with van der Waals surface area (Å²) >= 11 is 0. The largest absolute Gasteiger partial charge is 0.455 e.